The van der Waals surface area contributed by atoms with Crippen molar-refractivity contribution in [1.29, 1.82) is 0 Å². The molecule has 0 radical (unpaired) electrons. The monoisotopic (exact) mass is 271 g/mol. The molecule has 0 aliphatic heterocycles. The van der Waals surface area contributed by atoms with E-state index in [1.165, 1.54) is 6.07 Å². The summed E-state index contributed by atoms with van der Waals surface area (Å²) in [6.07, 6.45) is 0. The van der Waals surface area contributed by atoms with Crippen LogP contribution in [0.25, 0.3) is 0 Å². The van der Waals surface area contributed by atoms with E-state index in [-0.39, 0.29) is 18.1 Å². The van der Waals surface area contributed by atoms with E-state index in [1.54, 1.807) is 42.5 Å². The van der Waals surface area contributed by atoms with Gasteiger partial charge in [0, 0.05) is 23.9 Å². The van der Waals surface area contributed by atoms with Crippen LogP contribution in [-0.2, 0) is 6.54 Å². The van der Waals surface area contributed by atoms with Gasteiger partial charge in [0.25, 0.3) is 11.6 Å². The molecule has 0 aliphatic rings. The van der Waals surface area contributed by atoms with Gasteiger partial charge < -0.3 is 11.1 Å². The number of nitrogens with two attached hydrogens (primary N) is 1. The summed E-state index contributed by atoms with van der Waals surface area (Å²) < 4.78 is 0. The molecule has 0 bridgehead atoms. The number of nitro groups is 1. The van der Waals surface area contributed by atoms with E-state index in [4.69, 9.17) is 5.73 Å². The van der Waals surface area contributed by atoms with Crippen LogP contribution in [-0.4, -0.2) is 10.8 Å². The number of hydrogen-bond donors (Lipinski definition) is 2. The number of nitro benzene ring substituents is 1. The third-order valence-electron chi connectivity index (χ3n) is 2.83. The average molecular weight is 271 g/mol. The van der Waals surface area contributed by atoms with Crippen LogP contribution in [0.5, 0.6) is 0 Å². The van der Waals surface area contributed by atoms with Crippen molar-refractivity contribution in [1.82, 2.24) is 5.32 Å². The molecule has 0 atom stereocenters. The summed E-state index contributed by atoms with van der Waals surface area (Å²) in [4.78, 5) is 22.3. The molecule has 0 saturated carbocycles. The Balaban J connectivity index is 2.12. The Morgan fingerprint density at radius 1 is 1.15 bits per heavy atom. The summed E-state index contributed by atoms with van der Waals surface area (Å²) in [5, 5.41) is 13.5. The number of benzene rings is 2. The molecule has 6 nitrogen and oxygen atoms in total. The van der Waals surface area contributed by atoms with Crippen molar-refractivity contribution < 1.29 is 9.72 Å². The van der Waals surface area contributed by atoms with Gasteiger partial charge in [-0.2, -0.15) is 0 Å². The zero-order valence-corrected chi connectivity index (χ0v) is 10.6. The summed E-state index contributed by atoms with van der Waals surface area (Å²) in [7, 11) is 0. The predicted molar refractivity (Wildman–Crippen MR) is 75.1 cm³/mol. The fraction of sp³-hybridized carbons (Fsp3) is 0.0714. The van der Waals surface area contributed by atoms with E-state index in [2.05, 4.69) is 5.32 Å². The molecule has 102 valence electrons. The highest BCUT2D eigenvalue weighted by Crippen LogP contribution is 2.17. The highest BCUT2D eigenvalue weighted by atomic mass is 16.6. The van der Waals surface area contributed by atoms with E-state index in [9.17, 15) is 14.9 Å². The lowest BCUT2D eigenvalue weighted by Gasteiger charge is -2.07. The maximum absolute atomic E-state index is 12.0. The van der Waals surface area contributed by atoms with Gasteiger partial charge in [-0.05, 0) is 12.1 Å². The van der Waals surface area contributed by atoms with Crippen LogP contribution in [0.15, 0.2) is 48.5 Å². The zero-order chi connectivity index (χ0) is 14.5. The molecule has 0 aromatic heterocycles. The summed E-state index contributed by atoms with van der Waals surface area (Å²) in [5.41, 5.74) is 6.85. The zero-order valence-electron chi connectivity index (χ0n) is 10.6. The first kappa shape index (κ1) is 13.5. The quantitative estimate of drug-likeness (QED) is 0.505. The number of hydrogen-bond acceptors (Lipinski definition) is 4. The second kappa shape index (κ2) is 5.83. The molecular weight excluding hydrogens is 258 g/mol. The highest BCUT2D eigenvalue weighted by Gasteiger charge is 2.14. The van der Waals surface area contributed by atoms with Crippen LogP contribution < -0.4 is 11.1 Å². The fourth-order valence-corrected chi connectivity index (χ4v) is 1.81. The van der Waals surface area contributed by atoms with Gasteiger partial charge in [0.1, 0.15) is 0 Å². The van der Waals surface area contributed by atoms with Gasteiger partial charge in [-0.3, -0.25) is 14.9 Å². The van der Waals surface area contributed by atoms with E-state index in [1.807, 2.05) is 0 Å². The Morgan fingerprint density at radius 3 is 2.50 bits per heavy atom. The molecule has 3 N–H and O–H groups in total. The lowest BCUT2D eigenvalue weighted by atomic mass is 10.1. The minimum atomic E-state index is -0.474. The van der Waals surface area contributed by atoms with Crippen molar-refractivity contribution in [3.05, 3.63) is 69.8 Å². The minimum absolute atomic E-state index is 0.0196. The maximum Gasteiger partial charge on any atom is 0.274 e. The Morgan fingerprint density at radius 2 is 1.80 bits per heavy atom. The molecular formula is C14H13N3O3. The van der Waals surface area contributed by atoms with Crippen LogP contribution in [0.2, 0.25) is 0 Å². The normalized spacial score (nSPS) is 10.0. The topological polar surface area (TPSA) is 98.3 Å². The molecule has 0 aliphatic carbocycles. The SMILES string of the molecule is Nc1ccccc1C(=O)NCc1ccccc1[N+](=O)[O-]. The molecule has 20 heavy (non-hydrogen) atoms. The van der Waals surface area contributed by atoms with Crippen molar-refractivity contribution in [3.63, 3.8) is 0 Å². The summed E-state index contributed by atoms with van der Waals surface area (Å²) in [5.74, 6) is -0.360. The predicted octanol–water partition coefficient (Wildman–Crippen LogP) is 2.11. The van der Waals surface area contributed by atoms with Gasteiger partial charge in [-0.15, -0.1) is 0 Å². The summed E-state index contributed by atoms with van der Waals surface area (Å²) in [6, 6.07) is 12.9. The van der Waals surface area contributed by atoms with Crippen LogP contribution in [0.1, 0.15) is 15.9 Å². The molecule has 2 aromatic carbocycles. The van der Waals surface area contributed by atoms with Crippen LogP contribution in [0.4, 0.5) is 11.4 Å². The number of nitrogen functional groups attached to an aromatic ring is 1. The van der Waals surface area contributed by atoms with Crippen molar-refractivity contribution >= 4 is 17.3 Å². The van der Waals surface area contributed by atoms with E-state index < -0.39 is 4.92 Å². The van der Waals surface area contributed by atoms with Crippen LogP contribution in [0.3, 0.4) is 0 Å². The Labute approximate surface area is 115 Å². The number of nitrogens with one attached hydrogen (secondary N) is 1. The standard InChI is InChI=1S/C14H13N3O3/c15-12-7-3-2-6-11(12)14(18)16-9-10-5-1-4-8-13(10)17(19)20/h1-8H,9,15H2,(H,16,18). The molecule has 1 amide bonds. The Bertz CT molecular complexity index is 656. The fourth-order valence-electron chi connectivity index (χ4n) is 1.81. The van der Waals surface area contributed by atoms with Crippen molar-refractivity contribution in [2.24, 2.45) is 0 Å². The average Bonchev–Trinajstić information content (AvgIpc) is 2.45. The van der Waals surface area contributed by atoms with Gasteiger partial charge in [0.05, 0.1) is 10.5 Å². The van der Waals surface area contributed by atoms with E-state index in [0.717, 1.165) is 0 Å². The number of nitrogens with zero attached hydrogens (tertiary/aromatic N) is 1. The number of anilines is 1. The second-order valence-electron chi connectivity index (χ2n) is 4.16. The van der Waals surface area contributed by atoms with Gasteiger partial charge in [0.2, 0.25) is 0 Å². The summed E-state index contributed by atoms with van der Waals surface area (Å²) >= 11 is 0. The van der Waals surface area contributed by atoms with Crippen molar-refractivity contribution in [2.45, 2.75) is 6.54 Å². The number of para-hydroxylation sites is 2. The van der Waals surface area contributed by atoms with Gasteiger partial charge in [0.15, 0.2) is 0 Å². The third-order valence-corrected chi connectivity index (χ3v) is 2.83. The minimum Gasteiger partial charge on any atom is -0.398 e. The van der Waals surface area contributed by atoms with E-state index >= 15 is 0 Å². The first-order valence-electron chi connectivity index (χ1n) is 5.94. The maximum atomic E-state index is 12.0. The first-order valence-corrected chi connectivity index (χ1v) is 5.94. The largest absolute Gasteiger partial charge is 0.398 e. The smallest absolute Gasteiger partial charge is 0.274 e. The second-order valence-corrected chi connectivity index (χ2v) is 4.16. The number of carbonyl (C=O) groups excluding carboxylic acids is 1. The molecule has 0 heterocycles. The van der Waals surface area contributed by atoms with E-state index in [0.29, 0.717) is 16.8 Å². The molecule has 2 rings (SSSR count). The Kier molecular flexibility index (Phi) is 3.95. The van der Waals surface area contributed by atoms with Crippen LogP contribution >= 0.6 is 0 Å². The van der Waals surface area contributed by atoms with Gasteiger partial charge in [-0.25, -0.2) is 0 Å². The van der Waals surface area contributed by atoms with Gasteiger partial charge in [-0.1, -0.05) is 30.3 Å². The molecule has 0 spiro atoms. The Hall–Kier alpha value is -2.89. The molecule has 0 saturated heterocycles. The lowest BCUT2D eigenvalue weighted by molar-refractivity contribution is -0.385. The van der Waals surface area contributed by atoms with Crippen molar-refractivity contribution in [2.75, 3.05) is 5.73 Å². The first-order chi connectivity index (χ1) is 9.59. The molecule has 2 aromatic rings. The number of rotatable bonds is 4. The molecule has 0 unspecified atom stereocenters. The summed E-state index contributed by atoms with van der Waals surface area (Å²) in [6.45, 7) is 0.0737. The third kappa shape index (κ3) is 2.92. The number of amides is 1. The molecule has 0 fully saturated rings. The number of carbonyl (C=O) groups is 1. The van der Waals surface area contributed by atoms with Gasteiger partial charge >= 0.3 is 0 Å². The highest BCUT2D eigenvalue weighted by molar-refractivity contribution is 5.99. The van der Waals surface area contributed by atoms with Crippen LogP contribution in [0, 0.1) is 10.1 Å². The van der Waals surface area contributed by atoms with Crippen molar-refractivity contribution in [3.8, 4) is 0 Å². The molecule has 6 heteroatoms. The lowest BCUT2D eigenvalue weighted by Crippen LogP contribution is -2.24.